The number of aryl methyl sites for hydroxylation is 1. The van der Waals surface area contributed by atoms with E-state index >= 15 is 0 Å². The summed E-state index contributed by atoms with van der Waals surface area (Å²) in [6, 6.07) is 5.22. The molecule has 0 saturated carbocycles. The number of nitrogens with zero attached hydrogens (tertiary/aromatic N) is 1. The van der Waals surface area contributed by atoms with Gasteiger partial charge in [0.15, 0.2) is 5.58 Å². The molecule has 0 aliphatic carbocycles. The molecular formula is C13H16ClN3O3. The van der Waals surface area contributed by atoms with E-state index in [1.165, 1.54) is 4.57 Å². The Kier molecular flexibility index (Phi) is 4.15. The molecule has 1 aromatic carbocycles. The molecule has 7 heteroatoms. The highest BCUT2D eigenvalue weighted by Gasteiger charge is 2.22. The Hall–Kier alpha value is -1.79. The topological polar surface area (TPSA) is 76.3 Å². The fraction of sp³-hybridized carbons (Fsp3) is 0.385. The van der Waals surface area contributed by atoms with Crippen molar-refractivity contribution < 1.29 is 9.21 Å². The number of hydrogen-bond donors (Lipinski definition) is 2. The first-order valence-electron chi connectivity index (χ1n) is 6.26. The van der Waals surface area contributed by atoms with Gasteiger partial charge in [0, 0.05) is 25.3 Å². The summed E-state index contributed by atoms with van der Waals surface area (Å²) in [5.74, 6) is -0.389. The standard InChI is InChI=1S/C13H15N3O3.ClH/c1-16-10-3-2-9(6-11(10)19-13(16)18)15-12(17)8-4-5-14-7-8;/h2-3,6,8,14H,4-5,7H2,1H3,(H,15,17);1H. The zero-order chi connectivity index (χ0) is 13.4. The highest BCUT2D eigenvalue weighted by atomic mass is 35.5. The van der Waals surface area contributed by atoms with E-state index in [0.717, 1.165) is 13.0 Å². The molecular weight excluding hydrogens is 282 g/mol. The number of oxazole rings is 1. The molecule has 1 atom stereocenters. The van der Waals surface area contributed by atoms with Gasteiger partial charge in [0.25, 0.3) is 0 Å². The van der Waals surface area contributed by atoms with Gasteiger partial charge in [0.2, 0.25) is 5.91 Å². The number of amides is 1. The maximum absolute atomic E-state index is 12.0. The third kappa shape index (κ3) is 2.57. The zero-order valence-electron chi connectivity index (χ0n) is 11.0. The summed E-state index contributed by atoms with van der Waals surface area (Å²) in [4.78, 5) is 23.4. The van der Waals surface area contributed by atoms with Crippen LogP contribution in [0.15, 0.2) is 27.4 Å². The van der Waals surface area contributed by atoms with Crippen LogP contribution < -0.4 is 16.4 Å². The average Bonchev–Trinajstić information content (AvgIpc) is 2.99. The Morgan fingerprint density at radius 2 is 2.30 bits per heavy atom. The molecule has 1 unspecified atom stereocenters. The Bertz CT molecular complexity index is 686. The lowest BCUT2D eigenvalue weighted by Gasteiger charge is -2.09. The molecule has 6 nitrogen and oxygen atoms in total. The van der Waals surface area contributed by atoms with Gasteiger partial charge in [0.05, 0.1) is 11.4 Å². The van der Waals surface area contributed by atoms with Gasteiger partial charge < -0.3 is 15.1 Å². The average molecular weight is 298 g/mol. The molecule has 2 aromatic rings. The summed E-state index contributed by atoms with van der Waals surface area (Å²) in [5, 5.41) is 6.01. The van der Waals surface area contributed by atoms with Crippen LogP contribution in [-0.4, -0.2) is 23.6 Å². The van der Waals surface area contributed by atoms with Crippen molar-refractivity contribution in [3.8, 4) is 0 Å². The number of carbonyl (C=O) groups is 1. The maximum Gasteiger partial charge on any atom is 0.419 e. The first-order valence-corrected chi connectivity index (χ1v) is 6.26. The molecule has 20 heavy (non-hydrogen) atoms. The largest absolute Gasteiger partial charge is 0.419 e. The highest BCUT2D eigenvalue weighted by molar-refractivity contribution is 5.94. The Morgan fingerprint density at radius 3 is 3.00 bits per heavy atom. The summed E-state index contributed by atoms with van der Waals surface area (Å²) in [6.07, 6.45) is 0.856. The molecule has 1 fully saturated rings. The van der Waals surface area contributed by atoms with Crippen LogP contribution in [-0.2, 0) is 11.8 Å². The van der Waals surface area contributed by atoms with Crippen LogP contribution in [0.2, 0.25) is 0 Å². The number of carbonyl (C=O) groups excluding carboxylic acids is 1. The molecule has 0 bridgehead atoms. The predicted molar refractivity (Wildman–Crippen MR) is 78.3 cm³/mol. The fourth-order valence-electron chi connectivity index (χ4n) is 2.33. The quantitative estimate of drug-likeness (QED) is 0.870. The van der Waals surface area contributed by atoms with Gasteiger partial charge in [0.1, 0.15) is 0 Å². The van der Waals surface area contributed by atoms with Crippen molar-refractivity contribution >= 4 is 35.1 Å². The molecule has 1 aromatic heterocycles. The van der Waals surface area contributed by atoms with Crippen LogP contribution in [0.4, 0.5) is 5.69 Å². The Labute approximate surface area is 121 Å². The number of aromatic nitrogens is 1. The van der Waals surface area contributed by atoms with Gasteiger partial charge in [-0.25, -0.2) is 4.79 Å². The van der Waals surface area contributed by atoms with E-state index in [9.17, 15) is 9.59 Å². The summed E-state index contributed by atoms with van der Waals surface area (Å²) in [7, 11) is 1.65. The van der Waals surface area contributed by atoms with Crippen LogP contribution in [0.25, 0.3) is 11.1 Å². The van der Waals surface area contributed by atoms with Crippen molar-refractivity contribution in [1.29, 1.82) is 0 Å². The Balaban J connectivity index is 0.00000147. The fourth-order valence-corrected chi connectivity index (χ4v) is 2.33. The third-order valence-electron chi connectivity index (χ3n) is 3.49. The van der Waals surface area contributed by atoms with Crippen molar-refractivity contribution in [2.45, 2.75) is 6.42 Å². The molecule has 0 spiro atoms. The van der Waals surface area contributed by atoms with Gasteiger partial charge in [-0.2, -0.15) is 0 Å². The van der Waals surface area contributed by atoms with E-state index in [-0.39, 0.29) is 24.2 Å². The normalized spacial score (nSPS) is 17.9. The van der Waals surface area contributed by atoms with Crippen molar-refractivity contribution in [2.75, 3.05) is 18.4 Å². The van der Waals surface area contributed by atoms with Crippen LogP contribution in [0.3, 0.4) is 0 Å². The maximum atomic E-state index is 12.0. The second-order valence-corrected chi connectivity index (χ2v) is 4.79. The van der Waals surface area contributed by atoms with Crippen LogP contribution in [0.5, 0.6) is 0 Å². The second kappa shape index (κ2) is 5.68. The number of anilines is 1. The van der Waals surface area contributed by atoms with Crippen molar-refractivity contribution in [1.82, 2.24) is 9.88 Å². The third-order valence-corrected chi connectivity index (χ3v) is 3.49. The smallest absolute Gasteiger partial charge is 0.408 e. The summed E-state index contributed by atoms with van der Waals surface area (Å²) < 4.78 is 6.52. The molecule has 1 aliphatic heterocycles. The molecule has 0 radical (unpaired) electrons. The summed E-state index contributed by atoms with van der Waals surface area (Å²) in [6.45, 7) is 1.60. The van der Waals surface area contributed by atoms with Gasteiger partial charge >= 0.3 is 5.76 Å². The van der Waals surface area contributed by atoms with E-state index in [1.54, 1.807) is 25.2 Å². The molecule has 1 amide bonds. The number of rotatable bonds is 2. The zero-order valence-corrected chi connectivity index (χ0v) is 11.8. The van der Waals surface area contributed by atoms with E-state index < -0.39 is 5.76 Å². The van der Waals surface area contributed by atoms with Gasteiger partial charge in [-0.3, -0.25) is 9.36 Å². The van der Waals surface area contributed by atoms with Crippen molar-refractivity contribution in [3.05, 3.63) is 28.7 Å². The number of fused-ring (bicyclic) bond motifs is 1. The number of nitrogens with one attached hydrogen (secondary N) is 2. The highest BCUT2D eigenvalue weighted by Crippen LogP contribution is 2.19. The lowest BCUT2D eigenvalue weighted by atomic mass is 10.1. The minimum Gasteiger partial charge on any atom is -0.408 e. The van der Waals surface area contributed by atoms with E-state index in [1.807, 2.05) is 0 Å². The van der Waals surface area contributed by atoms with Crippen molar-refractivity contribution in [3.63, 3.8) is 0 Å². The van der Waals surface area contributed by atoms with E-state index in [4.69, 9.17) is 4.42 Å². The summed E-state index contributed by atoms with van der Waals surface area (Å²) in [5.41, 5.74) is 1.85. The molecule has 1 saturated heterocycles. The van der Waals surface area contributed by atoms with Crippen LogP contribution in [0, 0.1) is 5.92 Å². The molecule has 2 N–H and O–H groups in total. The molecule has 108 valence electrons. The van der Waals surface area contributed by atoms with Crippen molar-refractivity contribution in [2.24, 2.45) is 13.0 Å². The van der Waals surface area contributed by atoms with Crippen LogP contribution >= 0.6 is 12.4 Å². The van der Waals surface area contributed by atoms with Gasteiger partial charge in [-0.15, -0.1) is 12.4 Å². The SMILES string of the molecule is Cl.Cn1c(=O)oc2cc(NC(=O)C3CCNC3)ccc21. The minimum atomic E-state index is -0.404. The van der Waals surface area contributed by atoms with Crippen LogP contribution in [0.1, 0.15) is 6.42 Å². The van der Waals surface area contributed by atoms with Gasteiger partial charge in [-0.1, -0.05) is 0 Å². The molecule has 1 aliphatic rings. The second-order valence-electron chi connectivity index (χ2n) is 4.79. The lowest BCUT2D eigenvalue weighted by Crippen LogP contribution is -2.24. The van der Waals surface area contributed by atoms with Gasteiger partial charge in [-0.05, 0) is 25.1 Å². The number of benzene rings is 1. The first-order chi connectivity index (χ1) is 9.15. The molecule has 3 rings (SSSR count). The molecule has 2 heterocycles. The first kappa shape index (κ1) is 14.6. The van der Waals surface area contributed by atoms with E-state index in [0.29, 0.717) is 23.3 Å². The predicted octanol–water partition coefficient (Wildman–Crippen LogP) is 1.10. The number of halogens is 1. The number of hydrogen-bond acceptors (Lipinski definition) is 4. The van der Waals surface area contributed by atoms with E-state index in [2.05, 4.69) is 10.6 Å². The lowest BCUT2D eigenvalue weighted by molar-refractivity contribution is -0.119. The minimum absolute atomic E-state index is 0. The monoisotopic (exact) mass is 297 g/mol. The summed E-state index contributed by atoms with van der Waals surface area (Å²) >= 11 is 0. The Morgan fingerprint density at radius 1 is 1.50 bits per heavy atom.